The molecule has 2 heterocycles. The summed E-state index contributed by atoms with van der Waals surface area (Å²) in [6.07, 6.45) is 0. The van der Waals surface area contributed by atoms with Gasteiger partial charge in [0.2, 0.25) is 5.91 Å². The first-order valence-electron chi connectivity index (χ1n) is 9.88. The number of nitrogens with zero attached hydrogens (tertiary/aromatic N) is 2. The number of thiophene rings is 1. The number of aryl methyl sites for hydroxylation is 3. The molecule has 0 radical (unpaired) electrons. The summed E-state index contributed by atoms with van der Waals surface area (Å²) in [5.41, 5.74) is 6.82. The van der Waals surface area contributed by atoms with Gasteiger partial charge in [-0.25, -0.2) is 4.98 Å². The summed E-state index contributed by atoms with van der Waals surface area (Å²) in [7, 11) is 1.70. The van der Waals surface area contributed by atoms with Crippen molar-refractivity contribution in [3.05, 3.63) is 74.9 Å². The summed E-state index contributed by atoms with van der Waals surface area (Å²) in [5.74, 6) is 0.0367. The van der Waals surface area contributed by atoms with E-state index in [4.69, 9.17) is 4.98 Å². The van der Waals surface area contributed by atoms with Crippen molar-refractivity contribution in [2.75, 3.05) is 11.1 Å². The number of hydrogen-bond acceptors (Lipinski definition) is 5. The maximum atomic E-state index is 12.9. The molecule has 0 spiro atoms. The quantitative estimate of drug-likeness (QED) is 0.331. The van der Waals surface area contributed by atoms with Crippen LogP contribution in [0.5, 0.6) is 0 Å². The lowest BCUT2D eigenvalue weighted by molar-refractivity contribution is -0.113. The highest BCUT2D eigenvalue weighted by molar-refractivity contribution is 7.99. The number of fused-ring (bicyclic) bond motifs is 1. The van der Waals surface area contributed by atoms with Gasteiger partial charge < -0.3 is 5.32 Å². The van der Waals surface area contributed by atoms with E-state index < -0.39 is 0 Å². The number of rotatable bonds is 5. The van der Waals surface area contributed by atoms with Gasteiger partial charge in [-0.3, -0.25) is 14.2 Å². The minimum atomic E-state index is -0.133. The zero-order chi connectivity index (χ0) is 22.1. The van der Waals surface area contributed by atoms with E-state index in [1.54, 1.807) is 7.05 Å². The lowest BCUT2D eigenvalue weighted by Crippen LogP contribution is -2.20. The van der Waals surface area contributed by atoms with Crippen LogP contribution in [0.25, 0.3) is 21.3 Å². The van der Waals surface area contributed by atoms with Crippen molar-refractivity contribution in [2.45, 2.75) is 25.9 Å². The Hall–Kier alpha value is -2.90. The molecule has 1 amide bonds. The molecule has 0 aliphatic rings. The lowest BCUT2D eigenvalue weighted by atomic mass is 10.1. The number of benzene rings is 2. The second-order valence-electron chi connectivity index (χ2n) is 7.59. The van der Waals surface area contributed by atoms with Crippen LogP contribution in [0.15, 0.2) is 57.8 Å². The Balaban J connectivity index is 1.58. The summed E-state index contributed by atoms with van der Waals surface area (Å²) in [6.45, 7) is 6.09. The van der Waals surface area contributed by atoms with E-state index in [2.05, 4.69) is 5.32 Å². The van der Waals surface area contributed by atoms with Crippen LogP contribution in [0, 0.1) is 20.8 Å². The van der Waals surface area contributed by atoms with Crippen LogP contribution in [-0.2, 0) is 11.8 Å². The highest BCUT2D eigenvalue weighted by Gasteiger charge is 2.16. The van der Waals surface area contributed by atoms with Gasteiger partial charge in [0.05, 0.1) is 11.3 Å². The second kappa shape index (κ2) is 8.69. The number of carbonyl (C=O) groups is 1. The first-order valence-corrected chi connectivity index (χ1v) is 11.7. The van der Waals surface area contributed by atoms with Gasteiger partial charge in [-0.2, -0.15) is 0 Å². The summed E-state index contributed by atoms with van der Waals surface area (Å²) in [5, 5.41) is 5.42. The fourth-order valence-corrected chi connectivity index (χ4v) is 4.99. The molecule has 2 aromatic heterocycles. The minimum absolute atomic E-state index is 0.0922. The largest absolute Gasteiger partial charge is 0.325 e. The molecule has 5 nitrogen and oxygen atoms in total. The van der Waals surface area contributed by atoms with Gasteiger partial charge >= 0.3 is 0 Å². The Bertz CT molecular complexity index is 1340. The van der Waals surface area contributed by atoms with Crippen LogP contribution in [0.4, 0.5) is 5.69 Å². The van der Waals surface area contributed by atoms with E-state index in [-0.39, 0.29) is 17.2 Å². The van der Waals surface area contributed by atoms with Gasteiger partial charge in [0.25, 0.3) is 5.56 Å². The average Bonchev–Trinajstić information content (AvgIpc) is 3.17. The third kappa shape index (κ3) is 4.43. The van der Waals surface area contributed by atoms with E-state index in [1.165, 1.54) is 38.8 Å². The van der Waals surface area contributed by atoms with Crippen molar-refractivity contribution in [1.29, 1.82) is 0 Å². The predicted octanol–water partition coefficient (Wildman–Crippen LogP) is 5.32. The molecule has 0 unspecified atom stereocenters. The number of amides is 1. The Labute approximate surface area is 189 Å². The zero-order valence-electron chi connectivity index (χ0n) is 17.9. The molecule has 158 valence electrons. The van der Waals surface area contributed by atoms with E-state index in [0.29, 0.717) is 15.4 Å². The molecule has 4 rings (SSSR count). The van der Waals surface area contributed by atoms with Crippen molar-refractivity contribution in [2.24, 2.45) is 7.05 Å². The molecule has 4 aromatic rings. The van der Waals surface area contributed by atoms with Crippen molar-refractivity contribution < 1.29 is 4.79 Å². The topological polar surface area (TPSA) is 64.0 Å². The monoisotopic (exact) mass is 449 g/mol. The zero-order valence-corrected chi connectivity index (χ0v) is 19.5. The van der Waals surface area contributed by atoms with Crippen molar-refractivity contribution in [3.63, 3.8) is 0 Å². The number of carbonyl (C=O) groups excluding carboxylic acids is 1. The maximum absolute atomic E-state index is 12.9. The first kappa shape index (κ1) is 21.3. The molecule has 1 N–H and O–H groups in total. The maximum Gasteiger partial charge on any atom is 0.271 e. The van der Waals surface area contributed by atoms with Crippen LogP contribution < -0.4 is 10.9 Å². The molecule has 0 aliphatic heterocycles. The molecule has 0 saturated carbocycles. The third-order valence-corrected chi connectivity index (χ3v) is 7.23. The smallest absolute Gasteiger partial charge is 0.271 e. The van der Waals surface area contributed by atoms with Crippen molar-refractivity contribution >= 4 is 44.9 Å². The number of thioether (sulfide) groups is 1. The number of hydrogen-bond donors (Lipinski definition) is 1. The molecule has 31 heavy (non-hydrogen) atoms. The molecular weight excluding hydrogens is 426 g/mol. The summed E-state index contributed by atoms with van der Waals surface area (Å²) < 4.78 is 2.15. The molecular formula is C24H23N3O2S2. The van der Waals surface area contributed by atoms with Gasteiger partial charge in [0.15, 0.2) is 5.16 Å². The average molecular weight is 450 g/mol. The Morgan fingerprint density at radius 3 is 2.55 bits per heavy atom. The molecule has 0 saturated heterocycles. The van der Waals surface area contributed by atoms with Crippen LogP contribution in [0.1, 0.15) is 16.7 Å². The molecule has 0 bridgehead atoms. The highest BCUT2D eigenvalue weighted by Crippen LogP contribution is 2.32. The fraction of sp³-hybridized carbons (Fsp3) is 0.208. The van der Waals surface area contributed by atoms with Crippen LogP contribution in [0.2, 0.25) is 0 Å². The van der Waals surface area contributed by atoms with Crippen LogP contribution in [-0.4, -0.2) is 21.2 Å². The van der Waals surface area contributed by atoms with Crippen LogP contribution in [0.3, 0.4) is 0 Å². The first-order chi connectivity index (χ1) is 14.8. The normalized spacial score (nSPS) is 11.1. The molecule has 0 fully saturated rings. The summed E-state index contributed by atoms with van der Waals surface area (Å²) in [4.78, 5) is 30.1. The number of aromatic nitrogens is 2. The summed E-state index contributed by atoms with van der Waals surface area (Å²) in [6, 6.07) is 14.0. The van der Waals surface area contributed by atoms with Gasteiger partial charge in [-0.15, -0.1) is 11.3 Å². The standard InChI is InChI=1S/C24H23N3O2S2/c1-14-5-8-17(9-6-14)19-12-30-22-21(19)26-24(27(4)23(22)29)31-13-20(28)25-18-10-7-15(2)16(3)11-18/h5-12H,13H2,1-4H3,(H,25,28). The van der Waals surface area contributed by atoms with Gasteiger partial charge in [0.1, 0.15) is 4.70 Å². The van der Waals surface area contributed by atoms with Crippen molar-refractivity contribution in [1.82, 2.24) is 9.55 Å². The minimum Gasteiger partial charge on any atom is -0.325 e. The predicted molar refractivity (Wildman–Crippen MR) is 130 cm³/mol. The molecule has 2 aromatic carbocycles. The SMILES string of the molecule is Cc1ccc(-c2csc3c(=O)n(C)c(SCC(=O)Nc4ccc(C)c(C)c4)nc23)cc1. The van der Waals surface area contributed by atoms with Gasteiger partial charge in [0, 0.05) is 23.7 Å². The lowest BCUT2D eigenvalue weighted by Gasteiger charge is -2.09. The molecule has 7 heteroatoms. The van der Waals surface area contributed by atoms with Crippen molar-refractivity contribution in [3.8, 4) is 11.1 Å². The second-order valence-corrected chi connectivity index (χ2v) is 9.41. The van der Waals surface area contributed by atoms with Crippen LogP contribution >= 0.6 is 23.1 Å². The molecule has 0 aliphatic carbocycles. The van der Waals surface area contributed by atoms with Gasteiger partial charge in [-0.05, 0) is 49.6 Å². The number of nitrogens with one attached hydrogen (secondary N) is 1. The Kier molecular flexibility index (Phi) is 5.98. The van der Waals surface area contributed by atoms with E-state index >= 15 is 0 Å². The highest BCUT2D eigenvalue weighted by atomic mass is 32.2. The Morgan fingerprint density at radius 2 is 1.84 bits per heavy atom. The fourth-order valence-electron chi connectivity index (χ4n) is 3.24. The van der Waals surface area contributed by atoms with E-state index in [1.807, 2.05) is 68.6 Å². The van der Waals surface area contributed by atoms with E-state index in [0.717, 1.165) is 22.4 Å². The number of anilines is 1. The third-order valence-electron chi connectivity index (χ3n) is 5.24. The summed E-state index contributed by atoms with van der Waals surface area (Å²) >= 11 is 2.67. The Morgan fingerprint density at radius 1 is 1.10 bits per heavy atom. The van der Waals surface area contributed by atoms with Gasteiger partial charge in [-0.1, -0.05) is 47.7 Å². The van der Waals surface area contributed by atoms with E-state index in [9.17, 15) is 9.59 Å². The molecule has 0 atom stereocenters.